The molecule has 2 atom stereocenters. The summed E-state index contributed by atoms with van der Waals surface area (Å²) in [5.41, 5.74) is -3.08. The van der Waals surface area contributed by atoms with Crippen LogP contribution in [0.3, 0.4) is 0 Å². The topological polar surface area (TPSA) is 69.3 Å². The Bertz CT molecular complexity index is 770. The lowest BCUT2D eigenvalue weighted by atomic mass is 9.80. The second-order valence-electron chi connectivity index (χ2n) is 7.83. The van der Waals surface area contributed by atoms with E-state index < -0.39 is 23.7 Å². The fourth-order valence-corrected chi connectivity index (χ4v) is 4.44. The molecule has 1 aromatic rings. The smallest absolute Gasteiger partial charge is 0.439 e. The molecule has 154 valence electrons. The molecule has 1 amide bonds. The van der Waals surface area contributed by atoms with Crippen molar-refractivity contribution in [3.8, 4) is 0 Å². The fraction of sp³-hybridized carbons (Fsp3) is 0.684. The van der Waals surface area contributed by atoms with E-state index in [9.17, 15) is 23.1 Å². The van der Waals surface area contributed by atoms with Crippen molar-refractivity contribution in [3.63, 3.8) is 0 Å². The van der Waals surface area contributed by atoms with E-state index in [4.69, 9.17) is 4.42 Å². The number of hydrogen-bond acceptors (Lipinski definition) is 5. The third kappa shape index (κ3) is 3.24. The predicted molar refractivity (Wildman–Crippen MR) is 94.4 cm³/mol. The van der Waals surface area contributed by atoms with Crippen molar-refractivity contribution in [1.82, 2.24) is 9.91 Å². The Balaban J connectivity index is 1.57. The highest BCUT2D eigenvalue weighted by atomic mass is 19.4. The Morgan fingerprint density at radius 2 is 1.96 bits per heavy atom. The normalized spacial score (nSPS) is 28.9. The number of rotatable bonds is 3. The van der Waals surface area contributed by atoms with Gasteiger partial charge in [0, 0.05) is 5.71 Å². The Labute approximate surface area is 161 Å². The average molecular weight is 399 g/mol. The van der Waals surface area contributed by atoms with Gasteiger partial charge < -0.3 is 9.52 Å². The number of aliphatic hydroxyl groups is 1. The lowest BCUT2D eigenvalue weighted by Crippen LogP contribution is -2.61. The van der Waals surface area contributed by atoms with Crippen LogP contribution in [-0.2, 0) is 6.54 Å². The van der Waals surface area contributed by atoms with Crippen LogP contribution in [0.2, 0.25) is 0 Å². The van der Waals surface area contributed by atoms with Crippen LogP contribution >= 0.6 is 0 Å². The van der Waals surface area contributed by atoms with Gasteiger partial charge in [0.1, 0.15) is 5.76 Å². The number of hydrazone groups is 1. The molecule has 9 heteroatoms. The Morgan fingerprint density at radius 3 is 2.68 bits per heavy atom. The quantitative estimate of drug-likeness (QED) is 0.845. The molecule has 3 heterocycles. The van der Waals surface area contributed by atoms with Gasteiger partial charge in [0.05, 0.1) is 12.5 Å². The zero-order chi connectivity index (χ0) is 19.9. The molecule has 1 aromatic heterocycles. The summed E-state index contributed by atoms with van der Waals surface area (Å²) in [6.45, 7) is 2.37. The van der Waals surface area contributed by atoms with Gasteiger partial charge in [-0.2, -0.15) is 23.3 Å². The maximum Gasteiger partial charge on any atom is 0.439 e. The van der Waals surface area contributed by atoms with Crippen LogP contribution in [-0.4, -0.2) is 51.6 Å². The number of hydrogen-bond donors (Lipinski definition) is 1. The molecule has 1 aliphatic carbocycles. The van der Waals surface area contributed by atoms with E-state index in [-0.39, 0.29) is 22.9 Å². The number of carbonyl (C=O) groups is 1. The van der Waals surface area contributed by atoms with Crippen LogP contribution in [0, 0.1) is 5.92 Å². The lowest BCUT2D eigenvalue weighted by molar-refractivity contribution is -0.312. The molecular formula is C19H24F3N3O3. The number of nitrogens with zero attached hydrogens (tertiary/aromatic N) is 3. The molecule has 3 aliphatic rings. The van der Waals surface area contributed by atoms with Crippen LogP contribution < -0.4 is 0 Å². The van der Waals surface area contributed by atoms with Crippen LogP contribution in [0.15, 0.2) is 21.7 Å². The first kappa shape index (κ1) is 19.4. The Morgan fingerprint density at radius 1 is 1.21 bits per heavy atom. The second-order valence-corrected chi connectivity index (χ2v) is 7.83. The summed E-state index contributed by atoms with van der Waals surface area (Å²) < 4.78 is 46.9. The molecule has 0 unspecified atom stereocenters. The van der Waals surface area contributed by atoms with Crippen molar-refractivity contribution in [2.24, 2.45) is 11.0 Å². The van der Waals surface area contributed by atoms with Gasteiger partial charge in [-0.3, -0.25) is 9.69 Å². The minimum Gasteiger partial charge on any atom is -0.454 e. The molecule has 0 radical (unpaired) electrons. The largest absolute Gasteiger partial charge is 0.454 e. The monoisotopic (exact) mass is 399 g/mol. The summed E-state index contributed by atoms with van der Waals surface area (Å²) in [5, 5.41) is 14.7. The van der Waals surface area contributed by atoms with Gasteiger partial charge >= 0.3 is 12.1 Å². The first-order valence-corrected chi connectivity index (χ1v) is 9.83. The molecule has 2 aliphatic heterocycles. The maximum absolute atomic E-state index is 13.8. The summed E-state index contributed by atoms with van der Waals surface area (Å²) in [6, 6.07) is 2.96. The molecule has 2 fully saturated rings. The van der Waals surface area contributed by atoms with E-state index in [1.807, 2.05) is 0 Å². The molecule has 4 rings (SSSR count). The van der Waals surface area contributed by atoms with Crippen molar-refractivity contribution in [2.75, 3.05) is 13.1 Å². The van der Waals surface area contributed by atoms with E-state index in [1.54, 1.807) is 6.07 Å². The number of furan rings is 1. The fourth-order valence-electron chi connectivity index (χ4n) is 4.44. The van der Waals surface area contributed by atoms with Gasteiger partial charge in [-0.15, -0.1) is 0 Å². The lowest BCUT2D eigenvalue weighted by Gasteiger charge is -2.37. The second kappa shape index (κ2) is 7.18. The standard InChI is InChI=1S/C19H24F3N3O3/c20-19(21,22)18(27)14-6-2-3-7-15(14)23-25(18)17(26)16-9-8-13(28-16)12-24-10-4-1-5-11-24/h8-9,14,27H,1-7,10-12H2/t14-,18+/m0/s1. The molecule has 0 bridgehead atoms. The molecule has 0 spiro atoms. The SMILES string of the molecule is O=C(c1ccc(CN2CCCCC2)o1)N1N=C2CCCC[C@@H]2[C@@]1(O)C(F)(F)F. The third-order valence-corrected chi connectivity index (χ3v) is 5.93. The van der Waals surface area contributed by atoms with Gasteiger partial charge in [-0.25, -0.2) is 0 Å². The van der Waals surface area contributed by atoms with E-state index in [2.05, 4.69) is 10.0 Å². The van der Waals surface area contributed by atoms with Crippen LogP contribution in [0.4, 0.5) is 13.2 Å². The Kier molecular flexibility index (Phi) is 4.99. The number of piperidine rings is 1. The molecule has 1 N–H and O–H groups in total. The number of carbonyl (C=O) groups excluding carboxylic acids is 1. The highest BCUT2D eigenvalue weighted by Gasteiger charge is 2.68. The van der Waals surface area contributed by atoms with Crippen molar-refractivity contribution in [1.29, 1.82) is 0 Å². The third-order valence-electron chi connectivity index (χ3n) is 5.93. The predicted octanol–water partition coefficient (Wildman–Crippen LogP) is 3.52. The zero-order valence-electron chi connectivity index (χ0n) is 15.5. The van der Waals surface area contributed by atoms with Gasteiger partial charge in [0.2, 0.25) is 0 Å². The minimum atomic E-state index is -5.01. The number of amides is 1. The van der Waals surface area contributed by atoms with Gasteiger partial charge in [-0.05, 0) is 57.3 Å². The highest BCUT2D eigenvalue weighted by Crippen LogP contribution is 2.48. The highest BCUT2D eigenvalue weighted by molar-refractivity contribution is 5.98. The van der Waals surface area contributed by atoms with Crippen LogP contribution in [0.1, 0.15) is 61.3 Å². The summed E-state index contributed by atoms with van der Waals surface area (Å²) in [5.74, 6) is -2.00. The summed E-state index contributed by atoms with van der Waals surface area (Å²) >= 11 is 0. The first-order chi connectivity index (χ1) is 13.3. The number of likely N-dealkylation sites (tertiary alicyclic amines) is 1. The van der Waals surface area contributed by atoms with Crippen molar-refractivity contribution in [2.45, 2.75) is 63.4 Å². The van der Waals surface area contributed by atoms with Crippen LogP contribution in [0.5, 0.6) is 0 Å². The van der Waals surface area contributed by atoms with Crippen molar-refractivity contribution in [3.05, 3.63) is 23.7 Å². The van der Waals surface area contributed by atoms with Crippen molar-refractivity contribution >= 4 is 11.6 Å². The summed E-state index contributed by atoms with van der Waals surface area (Å²) in [7, 11) is 0. The van der Waals surface area contributed by atoms with Gasteiger partial charge in [-0.1, -0.05) is 12.8 Å². The molecule has 1 saturated heterocycles. The van der Waals surface area contributed by atoms with Crippen molar-refractivity contribution < 1.29 is 27.5 Å². The number of fused-ring (bicyclic) bond motifs is 1. The van der Waals surface area contributed by atoms with E-state index in [1.165, 1.54) is 12.5 Å². The van der Waals surface area contributed by atoms with E-state index in [0.29, 0.717) is 31.6 Å². The van der Waals surface area contributed by atoms with E-state index in [0.717, 1.165) is 25.9 Å². The first-order valence-electron chi connectivity index (χ1n) is 9.83. The summed E-state index contributed by atoms with van der Waals surface area (Å²) in [4.78, 5) is 15.0. The van der Waals surface area contributed by atoms with Gasteiger partial charge in [0.25, 0.3) is 5.72 Å². The molecule has 28 heavy (non-hydrogen) atoms. The Hall–Kier alpha value is -1.87. The molecule has 1 saturated carbocycles. The van der Waals surface area contributed by atoms with E-state index >= 15 is 0 Å². The molecule has 0 aromatic carbocycles. The summed E-state index contributed by atoms with van der Waals surface area (Å²) in [6.07, 6.45) is 0.124. The molecule has 6 nitrogen and oxygen atoms in total. The average Bonchev–Trinajstić information content (AvgIpc) is 3.25. The maximum atomic E-state index is 13.8. The number of halogens is 3. The number of alkyl halides is 3. The van der Waals surface area contributed by atoms with Crippen LogP contribution in [0.25, 0.3) is 0 Å². The zero-order valence-corrected chi connectivity index (χ0v) is 15.5. The minimum absolute atomic E-state index is 0.150. The van der Waals surface area contributed by atoms with Gasteiger partial charge in [0.15, 0.2) is 5.76 Å². The molecular weight excluding hydrogens is 375 g/mol.